The van der Waals surface area contributed by atoms with Crippen molar-refractivity contribution < 1.29 is 9.59 Å². The van der Waals surface area contributed by atoms with E-state index in [-0.39, 0.29) is 18.4 Å². The maximum absolute atomic E-state index is 11.6. The molecule has 104 valence electrons. The van der Waals surface area contributed by atoms with E-state index in [0.717, 1.165) is 15.7 Å². The Labute approximate surface area is 121 Å². The lowest BCUT2D eigenvalue weighted by atomic mass is 10.2. The second kappa shape index (κ2) is 7.91. The maximum atomic E-state index is 11.6. The van der Waals surface area contributed by atoms with Gasteiger partial charge in [0.15, 0.2) is 0 Å². The number of carbonyl (C=O) groups excluding carboxylic acids is 2. The molecule has 0 aliphatic heterocycles. The van der Waals surface area contributed by atoms with Crippen LogP contribution in [0.25, 0.3) is 0 Å². The van der Waals surface area contributed by atoms with Crippen LogP contribution in [0.1, 0.15) is 12.0 Å². The lowest BCUT2D eigenvalue weighted by Gasteiger charge is -2.08. The molecule has 6 heteroatoms. The van der Waals surface area contributed by atoms with Crippen molar-refractivity contribution >= 4 is 33.4 Å². The van der Waals surface area contributed by atoms with Crippen LogP contribution >= 0.6 is 15.9 Å². The van der Waals surface area contributed by atoms with Crippen molar-refractivity contribution in [2.24, 2.45) is 0 Å². The highest BCUT2D eigenvalue weighted by atomic mass is 79.9. The summed E-state index contributed by atoms with van der Waals surface area (Å²) in [6.07, 6.45) is 0.362. The van der Waals surface area contributed by atoms with Gasteiger partial charge in [-0.25, -0.2) is 0 Å². The summed E-state index contributed by atoms with van der Waals surface area (Å²) in [5.74, 6) is -0.379. The van der Waals surface area contributed by atoms with E-state index in [1.807, 2.05) is 19.1 Å². The minimum Gasteiger partial charge on any atom is -0.347 e. The Balaban J connectivity index is 2.38. The summed E-state index contributed by atoms with van der Waals surface area (Å²) in [5.41, 5.74) is 1.76. The first-order valence-corrected chi connectivity index (χ1v) is 6.79. The SMILES string of the molecule is CNCCC(=O)NCC(=O)Nc1ccc(Br)c(C)c1. The summed E-state index contributed by atoms with van der Waals surface area (Å²) < 4.78 is 0.992. The smallest absolute Gasteiger partial charge is 0.243 e. The molecule has 0 unspecified atom stereocenters. The highest BCUT2D eigenvalue weighted by Crippen LogP contribution is 2.19. The lowest BCUT2D eigenvalue weighted by molar-refractivity contribution is -0.124. The molecule has 0 fully saturated rings. The third-order valence-corrected chi connectivity index (χ3v) is 3.38. The molecule has 2 amide bonds. The molecule has 0 aromatic heterocycles. The number of aryl methyl sites for hydroxylation is 1. The molecule has 0 bridgehead atoms. The lowest BCUT2D eigenvalue weighted by Crippen LogP contribution is -2.34. The average Bonchev–Trinajstić information content (AvgIpc) is 2.38. The number of hydrogen-bond donors (Lipinski definition) is 3. The van der Waals surface area contributed by atoms with Gasteiger partial charge in [-0.15, -0.1) is 0 Å². The highest BCUT2D eigenvalue weighted by Gasteiger charge is 2.06. The van der Waals surface area contributed by atoms with E-state index in [1.165, 1.54) is 0 Å². The number of rotatable bonds is 6. The molecule has 0 spiro atoms. The fraction of sp³-hybridized carbons (Fsp3) is 0.385. The molecule has 0 aliphatic carbocycles. The average molecular weight is 328 g/mol. The Bertz CT molecular complexity index is 463. The molecule has 1 aromatic rings. The Kier molecular flexibility index (Phi) is 6.52. The number of amides is 2. The molecule has 1 rings (SSSR count). The van der Waals surface area contributed by atoms with Crippen LogP contribution < -0.4 is 16.0 Å². The Morgan fingerprint density at radius 1 is 1.26 bits per heavy atom. The van der Waals surface area contributed by atoms with Gasteiger partial charge < -0.3 is 16.0 Å². The second-order valence-electron chi connectivity index (χ2n) is 4.14. The van der Waals surface area contributed by atoms with Crippen molar-refractivity contribution in [3.63, 3.8) is 0 Å². The van der Waals surface area contributed by atoms with E-state index in [9.17, 15) is 9.59 Å². The van der Waals surface area contributed by atoms with Crippen LogP contribution in [0.4, 0.5) is 5.69 Å². The molecule has 0 radical (unpaired) electrons. The number of carbonyl (C=O) groups is 2. The minimum absolute atomic E-state index is 0.0162. The predicted octanol–water partition coefficient (Wildman–Crippen LogP) is 1.42. The standard InChI is InChI=1S/C13H18BrN3O2/c1-9-7-10(3-4-11(9)14)17-13(19)8-16-12(18)5-6-15-2/h3-4,7,15H,5-6,8H2,1-2H3,(H,16,18)(H,17,19). The maximum Gasteiger partial charge on any atom is 0.243 e. The summed E-state index contributed by atoms with van der Waals surface area (Å²) >= 11 is 3.39. The van der Waals surface area contributed by atoms with E-state index >= 15 is 0 Å². The number of hydrogen-bond acceptors (Lipinski definition) is 3. The fourth-order valence-electron chi connectivity index (χ4n) is 1.43. The zero-order chi connectivity index (χ0) is 14.3. The van der Waals surface area contributed by atoms with E-state index < -0.39 is 0 Å². The number of benzene rings is 1. The third-order valence-electron chi connectivity index (χ3n) is 2.49. The zero-order valence-corrected chi connectivity index (χ0v) is 12.6. The van der Waals surface area contributed by atoms with E-state index in [4.69, 9.17) is 0 Å². The Morgan fingerprint density at radius 3 is 2.63 bits per heavy atom. The first-order chi connectivity index (χ1) is 9.02. The molecule has 19 heavy (non-hydrogen) atoms. The summed E-state index contributed by atoms with van der Waals surface area (Å²) in [4.78, 5) is 23.0. The van der Waals surface area contributed by atoms with Crippen LogP contribution in [0.3, 0.4) is 0 Å². The van der Waals surface area contributed by atoms with Crippen molar-refractivity contribution in [2.75, 3.05) is 25.5 Å². The molecular formula is C13H18BrN3O2. The normalized spacial score (nSPS) is 10.1. The number of halogens is 1. The molecule has 0 atom stereocenters. The Morgan fingerprint density at radius 2 is 2.00 bits per heavy atom. The van der Waals surface area contributed by atoms with Gasteiger partial charge in [0.25, 0.3) is 0 Å². The first-order valence-electron chi connectivity index (χ1n) is 6.00. The van der Waals surface area contributed by atoms with Crippen LogP contribution in [0.15, 0.2) is 22.7 Å². The molecule has 0 aliphatic rings. The molecular weight excluding hydrogens is 310 g/mol. The van der Waals surface area contributed by atoms with Gasteiger partial charge in [-0.2, -0.15) is 0 Å². The molecule has 1 aromatic carbocycles. The summed E-state index contributed by atoms with van der Waals surface area (Å²) in [5, 5.41) is 8.17. The topological polar surface area (TPSA) is 70.2 Å². The molecule has 0 saturated carbocycles. The Hall–Kier alpha value is -1.40. The van der Waals surface area contributed by atoms with Gasteiger partial charge in [-0.1, -0.05) is 15.9 Å². The van der Waals surface area contributed by atoms with E-state index in [2.05, 4.69) is 31.9 Å². The summed E-state index contributed by atoms with van der Waals surface area (Å²) in [6, 6.07) is 5.54. The van der Waals surface area contributed by atoms with Gasteiger partial charge in [0.05, 0.1) is 6.54 Å². The largest absolute Gasteiger partial charge is 0.347 e. The molecule has 5 nitrogen and oxygen atoms in total. The molecule has 0 saturated heterocycles. The van der Waals surface area contributed by atoms with Gasteiger partial charge in [0.2, 0.25) is 11.8 Å². The van der Waals surface area contributed by atoms with E-state index in [1.54, 1.807) is 13.1 Å². The van der Waals surface area contributed by atoms with Crippen LogP contribution in [0, 0.1) is 6.92 Å². The third kappa shape index (κ3) is 5.85. The van der Waals surface area contributed by atoms with Crippen molar-refractivity contribution in [1.82, 2.24) is 10.6 Å². The minimum atomic E-state index is -0.237. The quantitative estimate of drug-likeness (QED) is 0.740. The van der Waals surface area contributed by atoms with Crippen molar-refractivity contribution in [3.8, 4) is 0 Å². The fourth-order valence-corrected chi connectivity index (χ4v) is 1.68. The van der Waals surface area contributed by atoms with Gasteiger partial charge in [-0.05, 0) is 37.7 Å². The van der Waals surface area contributed by atoms with Crippen LogP contribution in [-0.2, 0) is 9.59 Å². The molecule has 0 heterocycles. The van der Waals surface area contributed by atoms with Crippen LogP contribution in [0.5, 0.6) is 0 Å². The summed E-state index contributed by atoms with van der Waals surface area (Å²) in [7, 11) is 1.77. The van der Waals surface area contributed by atoms with Gasteiger partial charge in [0, 0.05) is 23.1 Å². The highest BCUT2D eigenvalue weighted by molar-refractivity contribution is 9.10. The van der Waals surface area contributed by atoms with E-state index in [0.29, 0.717) is 13.0 Å². The van der Waals surface area contributed by atoms with Crippen molar-refractivity contribution in [3.05, 3.63) is 28.2 Å². The van der Waals surface area contributed by atoms with Crippen LogP contribution in [-0.4, -0.2) is 32.0 Å². The molecule has 3 N–H and O–H groups in total. The van der Waals surface area contributed by atoms with Gasteiger partial charge >= 0.3 is 0 Å². The predicted molar refractivity (Wildman–Crippen MR) is 79.1 cm³/mol. The van der Waals surface area contributed by atoms with Gasteiger partial charge in [-0.3, -0.25) is 9.59 Å². The van der Waals surface area contributed by atoms with Gasteiger partial charge in [0.1, 0.15) is 0 Å². The van der Waals surface area contributed by atoms with Crippen molar-refractivity contribution in [2.45, 2.75) is 13.3 Å². The van der Waals surface area contributed by atoms with Crippen molar-refractivity contribution in [1.29, 1.82) is 0 Å². The van der Waals surface area contributed by atoms with Crippen LogP contribution in [0.2, 0.25) is 0 Å². The first kappa shape index (κ1) is 15.7. The second-order valence-corrected chi connectivity index (χ2v) is 5.00. The zero-order valence-electron chi connectivity index (χ0n) is 11.0. The number of nitrogens with one attached hydrogen (secondary N) is 3. The number of anilines is 1. The monoisotopic (exact) mass is 327 g/mol. The summed E-state index contributed by atoms with van der Waals surface area (Å²) in [6.45, 7) is 2.52.